The fraction of sp³-hybridized carbons (Fsp3) is 0.727. The van der Waals surface area contributed by atoms with Crippen LogP contribution in [-0.4, -0.2) is 11.5 Å². The highest BCUT2D eigenvalue weighted by molar-refractivity contribution is 7.15. The van der Waals surface area contributed by atoms with Gasteiger partial charge < -0.3 is 5.32 Å². The third-order valence-corrected chi connectivity index (χ3v) is 3.12. The van der Waals surface area contributed by atoms with Gasteiger partial charge in [0.25, 0.3) is 0 Å². The molecule has 0 radical (unpaired) electrons. The smallest absolute Gasteiger partial charge is 0.182 e. The van der Waals surface area contributed by atoms with Crippen LogP contribution in [0.15, 0.2) is 6.20 Å². The third-order valence-electron chi connectivity index (χ3n) is 1.86. The van der Waals surface area contributed by atoms with E-state index in [1.807, 2.05) is 6.20 Å². The number of nitrogens with one attached hydrogen (secondary N) is 1. The van der Waals surface area contributed by atoms with E-state index in [4.69, 9.17) is 0 Å². The van der Waals surface area contributed by atoms with Crippen molar-refractivity contribution in [2.24, 2.45) is 5.41 Å². The molecule has 1 heterocycles. The molecule has 2 nitrogen and oxygen atoms in total. The molecular formula is C11H20N2S. The highest BCUT2D eigenvalue weighted by Gasteiger charge is 2.11. The van der Waals surface area contributed by atoms with Gasteiger partial charge in [-0.3, -0.25) is 0 Å². The standard InChI is InChI=1S/C11H20N2S/c1-8(2)9-6-12-10(14-9)13-7-11(3,4)5/h6,8H,7H2,1-5H3,(H,12,13). The molecule has 3 heteroatoms. The van der Waals surface area contributed by atoms with E-state index in [2.05, 4.69) is 44.9 Å². The average molecular weight is 212 g/mol. The van der Waals surface area contributed by atoms with Crippen molar-refractivity contribution in [1.82, 2.24) is 4.98 Å². The lowest BCUT2D eigenvalue weighted by Gasteiger charge is -2.17. The van der Waals surface area contributed by atoms with Gasteiger partial charge in [0.2, 0.25) is 0 Å². The summed E-state index contributed by atoms with van der Waals surface area (Å²) in [5.41, 5.74) is 0.309. The van der Waals surface area contributed by atoms with E-state index in [1.54, 1.807) is 11.3 Å². The number of thiazole rings is 1. The maximum atomic E-state index is 4.35. The fourth-order valence-corrected chi connectivity index (χ4v) is 1.79. The van der Waals surface area contributed by atoms with Gasteiger partial charge in [-0.2, -0.15) is 0 Å². The van der Waals surface area contributed by atoms with E-state index in [9.17, 15) is 0 Å². The Bertz CT molecular complexity index is 284. The van der Waals surface area contributed by atoms with Crippen molar-refractivity contribution in [2.75, 3.05) is 11.9 Å². The molecule has 0 spiro atoms. The summed E-state index contributed by atoms with van der Waals surface area (Å²) in [6.07, 6.45) is 1.97. The van der Waals surface area contributed by atoms with E-state index in [0.717, 1.165) is 11.7 Å². The Hall–Kier alpha value is -0.570. The van der Waals surface area contributed by atoms with Crippen LogP contribution >= 0.6 is 11.3 Å². The summed E-state index contributed by atoms with van der Waals surface area (Å²) in [6.45, 7) is 12.0. The van der Waals surface area contributed by atoms with Crippen LogP contribution in [0.1, 0.15) is 45.4 Å². The maximum Gasteiger partial charge on any atom is 0.182 e. The van der Waals surface area contributed by atoms with Crippen LogP contribution in [-0.2, 0) is 0 Å². The van der Waals surface area contributed by atoms with E-state index in [-0.39, 0.29) is 0 Å². The van der Waals surface area contributed by atoms with Crippen molar-refractivity contribution in [3.8, 4) is 0 Å². The lowest BCUT2D eigenvalue weighted by Crippen LogP contribution is -2.18. The monoisotopic (exact) mass is 212 g/mol. The van der Waals surface area contributed by atoms with Crippen LogP contribution in [0, 0.1) is 5.41 Å². The van der Waals surface area contributed by atoms with E-state index in [1.165, 1.54) is 4.88 Å². The van der Waals surface area contributed by atoms with Gasteiger partial charge in [-0.05, 0) is 11.3 Å². The molecule has 0 aliphatic carbocycles. The van der Waals surface area contributed by atoms with Crippen LogP contribution in [0.3, 0.4) is 0 Å². The van der Waals surface area contributed by atoms with Crippen molar-refractivity contribution in [3.05, 3.63) is 11.1 Å². The number of aromatic nitrogens is 1. The predicted octanol–water partition coefficient (Wildman–Crippen LogP) is 3.72. The van der Waals surface area contributed by atoms with Gasteiger partial charge >= 0.3 is 0 Å². The van der Waals surface area contributed by atoms with E-state index in [0.29, 0.717) is 11.3 Å². The molecule has 1 aromatic heterocycles. The van der Waals surface area contributed by atoms with E-state index < -0.39 is 0 Å². The van der Waals surface area contributed by atoms with Crippen LogP contribution in [0.4, 0.5) is 5.13 Å². The SMILES string of the molecule is CC(C)c1cnc(NCC(C)(C)C)s1. The zero-order valence-electron chi connectivity index (χ0n) is 9.72. The quantitative estimate of drug-likeness (QED) is 0.826. The Balaban J connectivity index is 2.52. The molecule has 1 aromatic rings. The minimum absolute atomic E-state index is 0.309. The number of nitrogens with zero attached hydrogens (tertiary/aromatic N) is 1. The Morgan fingerprint density at radius 1 is 1.43 bits per heavy atom. The lowest BCUT2D eigenvalue weighted by molar-refractivity contribution is 0.443. The molecule has 0 aliphatic heterocycles. The number of hydrogen-bond donors (Lipinski definition) is 1. The molecule has 1 rings (SSSR count). The summed E-state index contributed by atoms with van der Waals surface area (Å²) in [5, 5.41) is 4.41. The predicted molar refractivity (Wildman–Crippen MR) is 64.1 cm³/mol. The molecule has 1 N–H and O–H groups in total. The minimum atomic E-state index is 0.309. The van der Waals surface area contributed by atoms with Crippen molar-refractivity contribution >= 4 is 16.5 Å². The van der Waals surface area contributed by atoms with Gasteiger partial charge in [0.05, 0.1) is 0 Å². The van der Waals surface area contributed by atoms with Crippen molar-refractivity contribution in [3.63, 3.8) is 0 Å². The lowest BCUT2D eigenvalue weighted by atomic mass is 9.97. The van der Waals surface area contributed by atoms with Gasteiger partial charge in [0.15, 0.2) is 5.13 Å². The van der Waals surface area contributed by atoms with Crippen molar-refractivity contribution in [2.45, 2.75) is 40.5 Å². The molecule has 0 aliphatic rings. The van der Waals surface area contributed by atoms with Gasteiger partial charge in [-0.25, -0.2) is 4.98 Å². The summed E-state index contributed by atoms with van der Waals surface area (Å²) >= 11 is 1.76. The van der Waals surface area contributed by atoms with Gasteiger partial charge in [-0.1, -0.05) is 34.6 Å². The molecule has 80 valence electrons. The molecular weight excluding hydrogens is 192 g/mol. The Morgan fingerprint density at radius 3 is 2.50 bits per heavy atom. The fourth-order valence-electron chi connectivity index (χ4n) is 0.976. The first-order chi connectivity index (χ1) is 6.38. The summed E-state index contributed by atoms with van der Waals surface area (Å²) in [7, 11) is 0. The van der Waals surface area contributed by atoms with Crippen LogP contribution < -0.4 is 5.32 Å². The second kappa shape index (κ2) is 4.30. The molecule has 0 amide bonds. The number of rotatable bonds is 3. The summed E-state index contributed by atoms with van der Waals surface area (Å²) in [6, 6.07) is 0. The topological polar surface area (TPSA) is 24.9 Å². The number of anilines is 1. The van der Waals surface area contributed by atoms with Crippen LogP contribution in [0.5, 0.6) is 0 Å². The average Bonchev–Trinajstić information content (AvgIpc) is 2.47. The second-order valence-electron chi connectivity index (χ2n) is 5.14. The minimum Gasteiger partial charge on any atom is -0.361 e. The Kier molecular flexibility index (Phi) is 3.53. The highest BCUT2D eigenvalue weighted by Crippen LogP contribution is 2.26. The maximum absolute atomic E-state index is 4.35. The Morgan fingerprint density at radius 2 is 2.07 bits per heavy atom. The molecule has 0 aromatic carbocycles. The number of hydrogen-bond acceptors (Lipinski definition) is 3. The molecule has 14 heavy (non-hydrogen) atoms. The molecule has 0 saturated heterocycles. The zero-order valence-corrected chi connectivity index (χ0v) is 10.5. The summed E-state index contributed by atoms with van der Waals surface area (Å²) in [5.74, 6) is 0.581. The Labute approximate surface area is 90.8 Å². The molecule has 0 atom stereocenters. The van der Waals surface area contributed by atoms with Crippen LogP contribution in [0.25, 0.3) is 0 Å². The molecule has 0 unspecified atom stereocenters. The zero-order chi connectivity index (χ0) is 10.8. The van der Waals surface area contributed by atoms with Crippen molar-refractivity contribution < 1.29 is 0 Å². The first-order valence-electron chi connectivity index (χ1n) is 5.08. The largest absolute Gasteiger partial charge is 0.361 e. The van der Waals surface area contributed by atoms with Crippen molar-refractivity contribution in [1.29, 1.82) is 0 Å². The normalized spacial score (nSPS) is 12.1. The molecule has 0 saturated carbocycles. The first kappa shape index (κ1) is 11.5. The highest BCUT2D eigenvalue weighted by atomic mass is 32.1. The second-order valence-corrected chi connectivity index (χ2v) is 6.20. The molecule has 0 bridgehead atoms. The van der Waals surface area contributed by atoms with Gasteiger partial charge in [0.1, 0.15) is 0 Å². The van der Waals surface area contributed by atoms with Gasteiger partial charge in [-0.15, -0.1) is 11.3 Å². The molecule has 0 fully saturated rings. The summed E-state index contributed by atoms with van der Waals surface area (Å²) in [4.78, 5) is 5.70. The van der Waals surface area contributed by atoms with Gasteiger partial charge in [0, 0.05) is 17.6 Å². The first-order valence-corrected chi connectivity index (χ1v) is 5.90. The summed E-state index contributed by atoms with van der Waals surface area (Å²) < 4.78 is 0. The van der Waals surface area contributed by atoms with Crippen LogP contribution in [0.2, 0.25) is 0 Å². The third kappa shape index (κ3) is 3.66. The van der Waals surface area contributed by atoms with E-state index >= 15 is 0 Å².